The van der Waals surface area contributed by atoms with Gasteiger partial charge in [0.15, 0.2) is 0 Å². The maximum absolute atomic E-state index is 12.6. The molecule has 134 valence electrons. The first-order valence-corrected chi connectivity index (χ1v) is 8.88. The Kier molecular flexibility index (Phi) is 5.53. The summed E-state index contributed by atoms with van der Waals surface area (Å²) in [7, 11) is 4.01. The number of hydrogen-bond acceptors (Lipinski definition) is 5. The Hall–Kier alpha value is -1.44. The average Bonchev–Trinajstić information content (AvgIpc) is 2.83. The molecule has 24 heavy (non-hydrogen) atoms. The van der Waals surface area contributed by atoms with Gasteiger partial charge in [0, 0.05) is 31.9 Å². The lowest BCUT2D eigenvalue weighted by atomic mass is 9.75. The van der Waals surface area contributed by atoms with Crippen LogP contribution in [-0.2, 0) is 11.8 Å². The summed E-state index contributed by atoms with van der Waals surface area (Å²) in [6.45, 7) is 4.45. The van der Waals surface area contributed by atoms with Crippen LogP contribution in [0.1, 0.15) is 30.9 Å². The summed E-state index contributed by atoms with van der Waals surface area (Å²) < 4.78 is 1.76. The normalized spacial score (nSPS) is 27.3. The van der Waals surface area contributed by atoms with E-state index in [1.165, 1.54) is 0 Å². The molecule has 0 aromatic carbocycles. The van der Waals surface area contributed by atoms with E-state index >= 15 is 0 Å². The zero-order chi connectivity index (χ0) is 17.1. The second-order valence-corrected chi connectivity index (χ2v) is 7.31. The quantitative estimate of drug-likeness (QED) is 0.791. The highest BCUT2D eigenvalue weighted by atomic mass is 16.3. The lowest BCUT2D eigenvalue weighted by Crippen LogP contribution is -2.45. The van der Waals surface area contributed by atoms with Crippen molar-refractivity contribution in [2.24, 2.45) is 13.0 Å². The molecule has 2 fully saturated rings. The van der Waals surface area contributed by atoms with Crippen molar-refractivity contribution in [3.8, 4) is 0 Å². The molecule has 1 amide bonds. The zero-order valence-electron chi connectivity index (χ0n) is 14.7. The predicted molar refractivity (Wildman–Crippen MR) is 91.4 cm³/mol. The smallest absolute Gasteiger partial charge is 0.234 e. The van der Waals surface area contributed by atoms with Gasteiger partial charge in [-0.2, -0.15) is 5.10 Å². The number of aliphatic hydroxyl groups excluding tert-OH is 1. The van der Waals surface area contributed by atoms with Gasteiger partial charge in [0.2, 0.25) is 5.91 Å². The summed E-state index contributed by atoms with van der Waals surface area (Å²) in [5.74, 6) is 0.359. The van der Waals surface area contributed by atoms with Crippen LogP contribution in [-0.4, -0.2) is 76.5 Å². The molecule has 1 aromatic rings. The standard InChI is InChI=1S/C17H29N5O2/c1-20-4-3-5-22(7-6-20)12-16(24)19-17(13-8-15(23)9-13)14-10-18-21(2)11-14/h10-11,13,15,17,23H,3-9,12H2,1-2H3,(H,19,24)/t13?,15?,17-/m1/s1. The Morgan fingerprint density at radius 1 is 1.33 bits per heavy atom. The van der Waals surface area contributed by atoms with Gasteiger partial charge in [-0.25, -0.2) is 0 Å². The van der Waals surface area contributed by atoms with Crippen LogP contribution in [0.5, 0.6) is 0 Å². The van der Waals surface area contributed by atoms with Crippen LogP contribution >= 0.6 is 0 Å². The van der Waals surface area contributed by atoms with E-state index in [1.807, 2.05) is 19.4 Å². The van der Waals surface area contributed by atoms with Crippen molar-refractivity contribution in [2.75, 3.05) is 39.8 Å². The van der Waals surface area contributed by atoms with Gasteiger partial charge in [0.1, 0.15) is 0 Å². The van der Waals surface area contributed by atoms with Gasteiger partial charge < -0.3 is 15.3 Å². The fourth-order valence-corrected chi connectivity index (χ4v) is 3.66. The van der Waals surface area contributed by atoms with E-state index in [-0.39, 0.29) is 18.1 Å². The maximum atomic E-state index is 12.6. The molecular weight excluding hydrogens is 306 g/mol. The van der Waals surface area contributed by atoms with Crippen molar-refractivity contribution in [1.82, 2.24) is 24.9 Å². The Balaban J connectivity index is 1.58. The summed E-state index contributed by atoms with van der Waals surface area (Å²) >= 11 is 0. The fourth-order valence-electron chi connectivity index (χ4n) is 3.66. The van der Waals surface area contributed by atoms with Crippen LogP contribution in [0.2, 0.25) is 0 Å². The third-order valence-electron chi connectivity index (χ3n) is 5.20. The van der Waals surface area contributed by atoms with Crippen LogP contribution in [0, 0.1) is 5.92 Å². The summed E-state index contributed by atoms with van der Waals surface area (Å²) in [5, 5.41) is 17.0. The minimum absolute atomic E-state index is 0.0516. The van der Waals surface area contributed by atoms with Gasteiger partial charge in [0.05, 0.1) is 24.9 Å². The fraction of sp³-hybridized carbons (Fsp3) is 0.765. The van der Waals surface area contributed by atoms with E-state index in [0.717, 1.165) is 51.0 Å². The molecule has 0 radical (unpaired) electrons. The van der Waals surface area contributed by atoms with Crippen molar-refractivity contribution in [3.05, 3.63) is 18.0 Å². The third-order valence-corrected chi connectivity index (χ3v) is 5.20. The second kappa shape index (κ2) is 7.63. The highest BCUT2D eigenvalue weighted by molar-refractivity contribution is 5.78. The van der Waals surface area contributed by atoms with Crippen LogP contribution < -0.4 is 5.32 Å². The molecule has 1 aromatic heterocycles. The molecule has 0 bridgehead atoms. The number of aliphatic hydroxyl groups is 1. The van der Waals surface area contributed by atoms with Crippen LogP contribution in [0.3, 0.4) is 0 Å². The summed E-state index contributed by atoms with van der Waals surface area (Å²) in [4.78, 5) is 17.1. The van der Waals surface area contributed by atoms with Crippen LogP contribution in [0.15, 0.2) is 12.4 Å². The Bertz CT molecular complexity index is 555. The van der Waals surface area contributed by atoms with Crippen LogP contribution in [0.25, 0.3) is 0 Å². The van der Waals surface area contributed by atoms with Crippen molar-refractivity contribution < 1.29 is 9.90 Å². The van der Waals surface area contributed by atoms with E-state index in [1.54, 1.807) is 4.68 Å². The number of hydrogen-bond donors (Lipinski definition) is 2. The second-order valence-electron chi connectivity index (χ2n) is 7.31. The van der Waals surface area contributed by atoms with E-state index in [2.05, 4.69) is 27.3 Å². The third kappa shape index (κ3) is 4.34. The number of carbonyl (C=O) groups is 1. The molecule has 0 unspecified atom stereocenters. The van der Waals surface area contributed by atoms with E-state index in [4.69, 9.17) is 0 Å². The van der Waals surface area contributed by atoms with Gasteiger partial charge in [0.25, 0.3) is 0 Å². The number of carbonyl (C=O) groups excluding carboxylic acids is 1. The minimum Gasteiger partial charge on any atom is -0.393 e. The molecular formula is C17H29N5O2. The number of nitrogens with one attached hydrogen (secondary N) is 1. The lowest BCUT2D eigenvalue weighted by molar-refractivity contribution is -0.124. The number of aryl methyl sites for hydroxylation is 1. The van der Waals surface area contributed by atoms with Gasteiger partial charge in [-0.05, 0) is 45.3 Å². The number of likely N-dealkylation sites (N-methyl/N-ethyl adjacent to an activating group) is 1. The Morgan fingerprint density at radius 3 is 2.79 bits per heavy atom. The lowest BCUT2D eigenvalue weighted by Gasteiger charge is -2.38. The number of nitrogens with zero attached hydrogens (tertiary/aromatic N) is 4. The van der Waals surface area contributed by atoms with Gasteiger partial charge in [-0.3, -0.25) is 14.4 Å². The molecule has 2 heterocycles. The van der Waals surface area contributed by atoms with Gasteiger partial charge >= 0.3 is 0 Å². The Labute approximate surface area is 143 Å². The van der Waals surface area contributed by atoms with E-state index < -0.39 is 0 Å². The first-order chi connectivity index (χ1) is 11.5. The van der Waals surface area contributed by atoms with Crippen LogP contribution in [0.4, 0.5) is 0 Å². The molecule has 1 saturated carbocycles. The molecule has 7 nitrogen and oxygen atoms in total. The van der Waals surface area contributed by atoms with E-state index in [0.29, 0.717) is 12.5 Å². The van der Waals surface area contributed by atoms with Gasteiger partial charge in [-0.15, -0.1) is 0 Å². The molecule has 1 aliphatic carbocycles. The monoisotopic (exact) mass is 335 g/mol. The first-order valence-electron chi connectivity index (χ1n) is 8.88. The first kappa shape index (κ1) is 17.4. The molecule has 7 heteroatoms. The molecule has 1 aliphatic heterocycles. The van der Waals surface area contributed by atoms with Gasteiger partial charge in [-0.1, -0.05) is 0 Å². The molecule has 2 N–H and O–H groups in total. The van der Waals surface area contributed by atoms with E-state index in [9.17, 15) is 9.90 Å². The molecule has 3 rings (SSSR count). The zero-order valence-corrected chi connectivity index (χ0v) is 14.7. The maximum Gasteiger partial charge on any atom is 0.234 e. The van der Waals surface area contributed by atoms with Crippen molar-refractivity contribution in [1.29, 1.82) is 0 Å². The number of aromatic nitrogens is 2. The van der Waals surface area contributed by atoms with Crippen molar-refractivity contribution >= 4 is 5.91 Å². The summed E-state index contributed by atoms with van der Waals surface area (Å²) in [6.07, 6.45) is 6.13. The SMILES string of the molecule is CN1CCCN(CC(=O)N[C@@H](c2cnn(C)c2)C2CC(O)C2)CC1. The molecule has 0 spiro atoms. The highest BCUT2D eigenvalue weighted by Crippen LogP contribution is 2.37. The topological polar surface area (TPSA) is 73.6 Å². The largest absolute Gasteiger partial charge is 0.393 e. The molecule has 1 saturated heterocycles. The Morgan fingerprint density at radius 2 is 2.12 bits per heavy atom. The number of rotatable bonds is 5. The minimum atomic E-state index is -0.229. The van der Waals surface area contributed by atoms with Crippen molar-refractivity contribution in [2.45, 2.75) is 31.4 Å². The summed E-state index contributed by atoms with van der Waals surface area (Å²) in [5.41, 5.74) is 1.03. The summed E-state index contributed by atoms with van der Waals surface area (Å²) in [6, 6.07) is -0.0516. The number of amides is 1. The van der Waals surface area contributed by atoms with Crippen molar-refractivity contribution in [3.63, 3.8) is 0 Å². The molecule has 1 atom stereocenters. The molecule has 2 aliphatic rings. The highest BCUT2D eigenvalue weighted by Gasteiger charge is 2.36. The average molecular weight is 335 g/mol. The predicted octanol–water partition coefficient (Wildman–Crippen LogP) is -0.0142.